The Hall–Kier alpha value is -0.882. The SMILES string of the molecule is Cc1cc(C)c(C)c(-c2c(C(C)(C)C)nn(C(C)C)c2C(C)(C)C)c1C.[Pt]. The molecule has 1 heterocycles. The molecular weight excluding hydrogens is 511 g/mol. The fourth-order valence-corrected chi connectivity index (χ4v) is 3.88. The quantitative estimate of drug-likeness (QED) is 0.396. The van der Waals surface area contributed by atoms with Gasteiger partial charge < -0.3 is 0 Å². The van der Waals surface area contributed by atoms with Gasteiger partial charge in [-0.3, -0.25) is 4.68 Å². The van der Waals surface area contributed by atoms with E-state index in [1.54, 1.807) is 0 Å². The first-order valence-electron chi connectivity index (χ1n) is 9.89. The van der Waals surface area contributed by atoms with E-state index in [4.69, 9.17) is 5.10 Å². The summed E-state index contributed by atoms with van der Waals surface area (Å²) >= 11 is 0. The van der Waals surface area contributed by atoms with Crippen LogP contribution in [-0.2, 0) is 31.9 Å². The Morgan fingerprint density at radius 1 is 0.778 bits per heavy atom. The fraction of sp³-hybridized carbons (Fsp3) is 0.625. The van der Waals surface area contributed by atoms with Gasteiger partial charge in [0.05, 0.1) is 11.4 Å². The molecule has 154 valence electrons. The predicted octanol–water partition coefficient (Wildman–Crippen LogP) is 6.96. The molecule has 1 aromatic heterocycles. The largest absolute Gasteiger partial charge is 0.266 e. The third-order valence-electron chi connectivity index (χ3n) is 5.44. The molecule has 0 spiro atoms. The average molecular weight is 550 g/mol. The molecule has 0 radical (unpaired) electrons. The maximum atomic E-state index is 5.18. The van der Waals surface area contributed by atoms with Crippen LogP contribution in [0.4, 0.5) is 0 Å². The van der Waals surface area contributed by atoms with Crippen molar-refractivity contribution in [3.63, 3.8) is 0 Å². The Balaban J connectivity index is 0.00000364. The van der Waals surface area contributed by atoms with E-state index >= 15 is 0 Å². The van der Waals surface area contributed by atoms with E-state index < -0.39 is 0 Å². The Labute approximate surface area is 181 Å². The normalized spacial score (nSPS) is 12.5. The molecule has 0 aliphatic heterocycles. The summed E-state index contributed by atoms with van der Waals surface area (Å²) in [7, 11) is 0. The first-order valence-corrected chi connectivity index (χ1v) is 9.89. The van der Waals surface area contributed by atoms with Crippen molar-refractivity contribution in [3.05, 3.63) is 39.7 Å². The van der Waals surface area contributed by atoms with E-state index in [0.29, 0.717) is 6.04 Å². The van der Waals surface area contributed by atoms with Crippen molar-refractivity contribution in [2.75, 3.05) is 0 Å². The monoisotopic (exact) mass is 549 g/mol. The number of hydrogen-bond acceptors (Lipinski definition) is 1. The van der Waals surface area contributed by atoms with Crippen LogP contribution in [0.2, 0.25) is 0 Å². The summed E-state index contributed by atoms with van der Waals surface area (Å²) in [5.74, 6) is 0. The molecule has 27 heavy (non-hydrogen) atoms. The summed E-state index contributed by atoms with van der Waals surface area (Å²) in [6, 6.07) is 2.65. The minimum Gasteiger partial charge on any atom is -0.266 e. The fourth-order valence-electron chi connectivity index (χ4n) is 3.88. The van der Waals surface area contributed by atoms with E-state index in [2.05, 4.69) is 93.8 Å². The number of aromatic nitrogens is 2. The summed E-state index contributed by atoms with van der Waals surface area (Å²) in [6.45, 7) is 27.2. The van der Waals surface area contributed by atoms with Crippen molar-refractivity contribution in [3.8, 4) is 11.1 Å². The van der Waals surface area contributed by atoms with Crippen molar-refractivity contribution in [1.82, 2.24) is 9.78 Å². The third kappa shape index (κ3) is 4.42. The van der Waals surface area contributed by atoms with Crippen molar-refractivity contribution in [2.24, 2.45) is 0 Å². The predicted molar refractivity (Wildman–Crippen MR) is 114 cm³/mol. The molecule has 0 bridgehead atoms. The number of rotatable bonds is 2. The van der Waals surface area contributed by atoms with Crippen LogP contribution in [0.25, 0.3) is 11.1 Å². The minimum atomic E-state index is -0.00793. The van der Waals surface area contributed by atoms with Gasteiger partial charge in [0.2, 0.25) is 0 Å². The van der Waals surface area contributed by atoms with Crippen LogP contribution in [0.5, 0.6) is 0 Å². The van der Waals surface area contributed by atoms with Gasteiger partial charge >= 0.3 is 0 Å². The third-order valence-corrected chi connectivity index (χ3v) is 5.44. The van der Waals surface area contributed by atoms with Gasteiger partial charge in [-0.15, -0.1) is 0 Å². The summed E-state index contributed by atoms with van der Waals surface area (Å²) in [5.41, 5.74) is 10.8. The van der Waals surface area contributed by atoms with Gasteiger partial charge in [-0.25, -0.2) is 0 Å². The number of hydrogen-bond donors (Lipinski definition) is 0. The number of benzene rings is 1. The topological polar surface area (TPSA) is 17.8 Å². The van der Waals surface area contributed by atoms with Gasteiger partial charge in [-0.1, -0.05) is 47.6 Å². The molecule has 2 nitrogen and oxygen atoms in total. The summed E-state index contributed by atoms with van der Waals surface area (Å²) in [5, 5.41) is 5.18. The van der Waals surface area contributed by atoms with Crippen LogP contribution in [0, 0.1) is 27.7 Å². The maximum Gasteiger partial charge on any atom is 0.0759 e. The van der Waals surface area contributed by atoms with Crippen molar-refractivity contribution >= 4 is 0 Å². The molecule has 0 saturated heterocycles. The summed E-state index contributed by atoms with van der Waals surface area (Å²) in [6.07, 6.45) is 0. The van der Waals surface area contributed by atoms with Crippen LogP contribution in [0.1, 0.15) is 95.1 Å². The van der Waals surface area contributed by atoms with Gasteiger partial charge in [0.25, 0.3) is 0 Å². The van der Waals surface area contributed by atoms with Crippen molar-refractivity contribution < 1.29 is 21.1 Å². The van der Waals surface area contributed by atoms with E-state index in [1.807, 2.05) is 0 Å². The first-order chi connectivity index (χ1) is 11.7. The minimum absolute atomic E-state index is 0. The van der Waals surface area contributed by atoms with Crippen LogP contribution in [0.15, 0.2) is 6.07 Å². The second kappa shape index (κ2) is 7.86. The number of aryl methyl sites for hydroxylation is 2. The Morgan fingerprint density at radius 2 is 1.22 bits per heavy atom. The Morgan fingerprint density at radius 3 is 1.56 bits per heavy atom. The molecule has 2 aromatic rings. The van der Waals surface area contributed by atoms with Gasteiger partial charge in [0.15, 0.2) is 0 Å². The zero-order chi connectivity index (χ0) is 20.2. The second-order valence-electron chi connectivity index (χ2n) is 10.2. The van der Waals surface area contributed by atoms with E-state index in [1.165, 1.54) is 44.8 Å². The molecule has 0 atom stereocenters. The zero-order valence-corrected chi connectivity index (χ0v) is 21.6. The average Bonchev–Trinajstić information content (AvgIpc) is 2.86. The standard InChI is InChI=1S/C24H38N2.Pt/c1-14(2)26-22(24(10,11)12)20(21(25-26)23(7,8)9)19-17(5)15(3)13-16(4)18(19)6;/h13-14H,1-12H3;. The van der Waals surface area contributed by atoms with Gasteiger partial charge in [0, 0.05) is 43.5 Å². The maximum absolute atomic E-state index is 5.18. The summed E-state index contributed by atoms with van der Waals surface area (Å²) < 4.78 is 2.27. The molecular formula is C24H38N2Pt. The number of nitrogens with zero attached hydrogens (tertiary/aromatic N) is 2. The van der Waals surface area contributed by atoms with E-state index in [0.717, 1.165) is 0 Å². The smallest absolute Gasteiger partial charge is 0.0759 e. The van der Waals surface area contributed by atoms with Crippen LogP contribution < -0.4 is 0 Å². The van der Waals surface area contributed by atoms with Crippen LogP contribution in [-0.4, -0.2) is 9.78 Å². The molecule has 0 fully saturated rings. The van der Waals surface area contributed by atoms with Gasteiger partial charge in [-0.05, 0) is 69.4 Å². The molecule has 0 aliphatic carbocycles. The zero-order valence-electron chi connectivity index (χ0n) is 19.4. The molecule has 1 aromatic carbocycles. The summed E-state index contributed by atoms with van der Waals surface area (Å²) in [4.78, 5) is 0. The van der Waals surface area contributed by atoms with E-state index in [-0.39, 0.29) is 31.9 Å². The molecule has 3 heteroatoms. The Bertz CT molecular complexity index is 802. The first kappa shape index (κ1) is 24.2. The van der Waals surface area contributed by atoms with Crippen LogP contribution in [0.3, 0.4) is 0 Å². The van der Waals surface area contributed by atoms with Crippen LogP contribution >= 0.6 is 0 Å². The molecule has 2 rings (SSSR count). The molecule has 0 saturated carbocycles. The Kier molecular flexibility index (Phi) is 7.03. The van der Waals surface area contributed by atoms with E-state index in [9.17, 15) is 0 Å². The second-order valence-corrected chi connectivity index (χ2v) is 10.2. The van der Waals surface area contributed by atoms with Crippen molar-refractivity contribution in [1.29, 1.82) is 0 Å². The molecule has 0 aliphatic rings. The molecule has 0 unspecified atom stereocenters. The van der Waals surface area contributed by atoms with Crippen molar-refractivity contribution in [2.45, 2.75) is 100.0 Å². The van der Waals surface area contributed by atoms with Gasteiger partial charge in [-0.2, -0.15) is 5.10 Å². The van der Waals surface area contributed by atoms with Gasteiger partial charge in [0.1, 0.15) is 0 Å². The molecule has 0 N–H and O–H groups in total. The molecule has 0 amide bonds.